The second-order valence-electron chi connectivity index (χ2n) is 5.95. The highest BCUT2D eigenvalue weighted by molar-refractivity contribution is 5.92. The summed E-state index contributed by atoms with van der Waals surface area (Å²) in [5, 5.41) is 5.41. The molecule has 2 amide bonds. The average molecular weight is 340 g/mol. The fraction of sp³-hybridized carbons (Fsp3) is 0.529. The molecule has 0 saturated heterocycles. The summed E-state index contributed by atoms with van der Waals surface area (Å²) in [5.41, 5.74) is 0.235. The van der Waals surface area contributed by atoms with Gasteiger partial charge in [0.05, 0.1) is 6.61 Å². The number of hydrogen-bond acceptors (Lipinski definition) is 3. The molecule has 0 bridgehead atoms. The third-order valence-electron chi connectivity index (χ3n) is 4.26. The Bertz CT molecular complexity index is 587. The minimum Gasteiger partial charge on any atom is -0.383 e. The fourth-order valence-corrected chi connectivity index (χ4v) is 2.86. The minimum atomic E-state index is -0.996. The lowest BCUT2D eigenvalue weighted by molar-refractivity contribution is -0.128. The van der Waals surface area contributed by atoms with Crippen LogP contribution in [0.3, 0.4) is 0 Å². The van der Waals surface area contributed by atoms with Crippen LogP contribution in [0.1, 0.15) is 25.7 Å². The summed E-state index contributed by atoms with van der Waals surface area (Å²) in [4.78, 5) is 24.2. The van der Waals surface area contributed by atoms with Crippen LogP contribution in [0, 0.1) is 23.5 Å². The number of amides is 2. The maximum Gasteiger partial charge on any atom is 0.227 e. The van der Waals surface area contributed by atoms with Gasteiger partial charge in [0, 0.05) is 37.2 Å². The molecular weight excluding hydrogens is 318 g/mol. The van der Waals surface area contributed by atoms with E-state index in [9.17, 15) is 18.4 Å². The van der Waals surface area contributed by atoms with Gasteiger partial charge in [-0.3, -0.25) is 9.59 Å². The number of halogens is 2. The first-order chi connectivity index (χ1) is 11.5. The van der Waals surface area contributed by atoms with Crippen LogP contribution in [0.4, 0.5) is 14.5 Å². The summed E-state index contributed by atoms with van der Waals surface area (Å²) in [5.74, 6) is -2.49. The number of hydrogen-bond donors (Lipinski definition) is 2. The molecule has 0 radical (unpaired) electrons. The van der Waals surface area contributed by atoms with Crippen molar-refractivity contribution in [3.8, 4) is 0 Å². The molecule has 2 rings (SSSR count). The van der Waals surface area contributed by atoms with Crippen LogP contribution in [-0.4, -0.2) is 32.1 Å². The Morgan fingerprint density at radius 1 is 1.08 bits per heavy atom. The van der Waals surface area contributed by atoms with Gasteiger partial charge in [-0.05, 0) is 37.8 Å². The van der Waals surface area contributed by atoms with Crippen molar-refractivity contribution < 1.29 is 23.1 Å². The molecule has 0 aliphatic heterocycles. The topological polar surface area (TPSA) is 67.4 Å². The summed E-state index contributed by atoms with van der Waals surface area (Å²) in [6.45, 7) is 0.948. The van der Waals surface area contributed by atoms with Gasteiger partial charge in [0.15, 0.2) is 11.6 Å². The first-order valence-corrected chi connectivity index (χ1v) is 8.04. The van der Waals surface area contributed by atoms with E-state index < -0.39 is 11.6 Å². The van der Waals surface area contributed by atoms with Gasteiger partial charge in [-0.25, -0.2) is 8.78 Å². The normalized spacial score (nSPS) is 20.5. The van der Waals surface area contributed by atoms with Gasteiger partial charge in [0.25, 0.3) is 0 Å². The molecule has 0 atom stereocenters. The number of benzene rings is 1. The molecule has 0 spiro atoms. The van der Waals surface area contributed by atoms with Crippen LogP contribution in [-0.2, 0) is 14.3 Å². The molecular formula is C17H22F2N2O3. The predicted molar refractivity (Wildman–Crippen MR) is 85.3 cm³/mol. The lowest BCUT2D eigenvalue weighted by atomic mass is 9.81. The van der Waals surface area contributed by atoms with Crippen molar-refractivity contribution in [1.82, 2.24) is 5.32 Å². The highest BCUT2D eigenvalue weighted by Crippen LogP contribution is 2.30. The third-order valence-corrected chi connectivity index (χ3v) is 4.26. The smallest absolute Gasteiger partial charge is 0.227 e. The van der Waals surface area contributed by atoms with Crippen molar-refractivity contribution in [2.24, 2.45) is 11.8 Å². The molecule has 7 heteroatoms. The Labute approximate surface area is 139 Å². The van der Waals surface area contributed by atoms with Crippen molar-refractivity contribution in [1.29, 1.82) is 0 Å². The Morgan fingerprint density at radius 2 is 1.71 bits per heavy atom. The Morgan fingerprint density at radius 3 is 2.29 bits per heavy atom. The molecule has 0 aromatic heterocycles. The van der Waals surface area contributed by atoms with Gasteiger partial charge < -0.3 is 15.4 Å². The second-order valence-corrected chi connectivity index (χ2v) is 5.95. The molecule has 132 valence electrons. The fourth-order valence-electron chi connectivity index (χ4n) is 2.86. The van der Waals surface area contributed by atoms with E-state index in [1.807, 2.05) is 0 Å². The number of carbonyl (C=O) groups is 2. The van der Waals surface area contributed by atoms with Gasteiger partial charge in [0.1, 0.15) is 0 Å². The van der Waals surface area contributed by atoms with E-state index in [0.29, 0.717) is 38.8 Å². The number of ether oxygens (including phenoxy) is 1. The first kappa shape index (κ1) is 18.3. The van der Waals surface area contributed by atoms with Crippen LogP contribution in [0.2, 0.25) is 0 Å². The number of anilines is 1. The van der Waals surface area contributed by atoms with Gasteiger partial charge in [-0.2, -0.15) is 0 Å². The summed E-state index contributed by atoms with van der Waals surface area (Å²) in [7, 11) is 1.57. The first-order valence-electron chi connectivity index (χ1n) is 8.04. The van der Waals surface area contributed by atoms with Crippen molar-refractivity contribution in [3.63, 3.8) is 0 Å². The summed E-state index contributed by atoms with van der Waals surface area (Å²) < 4.78 is 30.9. The van der Waals surface area contributed by atoms with E-state index in [1.165, 1.54) is 6.07 Å². The maximum atomic E-state index is 13.2. The van der Waals surface area contributed by atoms with Crippen LogP contribution >= 0.6 is 0 Å². The van der Waals surface area contributed by atoms with Crippen molar-refractivity contribution in [2.45, 2.75) is 25.7 Å². The van der Waals surface area contributed by atoms with Gasteiger partial charge in [0.2, 0.25) is 11.8 Å². The number of methoxy groups -OCH3 is 1. The van der Waals surface area contributed by atoms with Crippen molar-refractivity contribution >= 4 is 17.5 Å². The van der Waals surface area contributed by atoms with E-state index in [1.54, 1.807) is 7.11 Å². The number of nitrogens with one attached hydrogen (secondary N) is 2. The van der Waals surface area contributed by atoms with E-state index in [-0.39, 0.29) is 29.3 Å². The standard InChI is InChI=1S/C17H22F2N2O3/c1-24-9-8-20-16(22)11-2-4-12(5-3-11)17(23)21-13-6-7-14(18)15(19)10-13/h6-7,10-12H,2-5,8-9H2,1H3,(H,20,22)(H,21,23). The van der Waals surface area contributed by atoms with Gasteiger partial charge >= 0.3 is 0 Å². The largest absolute Gasteiger partial charge is 0.383 e. The highest BCUT2D eigenvalue weighted by Gasteiger charge is 2.29. The Hall–Kier alpha value is -2.02. The van der Waals surface area contributed by atoms with Gasteiger partial charge in [-0.1, -0.05) is 0 Å². The van der Waals surface area contributed by atoms with E-state index in [0.717, 1.165) is 12.1 Å². The van der Waals surface area contributed by atoms with Crippen LogP contribution < -0.4 is 10.6 Å². The van der Waals surface area contributed by atoms with Gasteiger partial charge in [-0.15, -0.1) is 0 Å². The van der Waals surface area contributed by atoms with Crippen LogP contribution in [0.25, 0.3) is 0 Å². The molecule has 24 heavy (non-hydrogen) atoms. The monoisotopic (exact) mass is 340 g/mol. The van der Waals surface area contributed by atoms with E-state index in [2.05, 4.69) is 10.6 Å². The summed E-state index contributed by atoms with van der Waals surface area (Å²) in [6.07, 6.45) is 2.46. The predicted octanol–water partition coefficient (Wildman–Crippen LogP) is 2.47. The molecule has 1 saturated carbocycles. The molecule has 1 aliphatic rings. The zero-order valence-corrected chi connectivity index (χ0v) is 13.6. The van der Waals surface area contributed by atoms with Crippen LogP contribution in [0.5, 0.6) is 0 Å². The number of rotatable bonds is 6. The molecule has 1 aromatic rings. The SMILES string of the molecule is COCCNC(=O)C1CCC(C(=O)Nc2ccc(F)c(F)c2)CC1. The van der Waals surface area contributed by atoms with E-state index >= 15 is 0 Å². The average Bonchev–Trinajstić information content (AvgIpc) is 2.58. The lowest BCUT2D eigenvalue weighted by Crippen LogP contribution is -2.36. The number of carbonyl (C=O) groups excluding carboxylic acids is 2. The summed E-state index contributed by atoms with van der Waals surface area (Å²) in [6, 6.07) is 3.26. The Kier molecular flexibility index (Phi) is 6.66. The van der Waals surface area contributed by atoms with Crippen molar-refractivity contribution in [2.75, 3.05) is 25.6 Å². The van der Waals surface area contributed by atoms with Crippen molar-refractivity contribution in [3.05, 3.63) is 29.8 Å². The Balaban J connectivity index is 1.79. The highest BCUT2D eigenvalue weighted by atomic mass is 19.2. The quantitative estimate of drug-likeness (QED) is 0.782. The molecule has 0 unspecified atom stereocenters. The molecule has 1 fully saturated rings. The molecule has 2 N–H and O–H groups in total. The minimum absolute atomic E-state index is 0.00786. The summed E-state index contributed by atoms with van der Waals surface area (Å²) >= 11 is 0. The molecule has 5 nitrogen and oxygen atoms in total. The zero-order valence-electron chi connectivity index (χ0n) is 13.6. The lowest BCUT2D eigenvalue weighted by Gasteiger charge is -2.27. The molecule has 1 aliphatic carbocycles. The van der Waals surface area contributed by atoms with Crippen LogP contribution in [0.15, 0.2) is 18.2 Å². The molecule has 1 aromatic carbocycles. The molecule has 0 heterocycles. The third kappa shape index (κ3) is 4.99. The zero-order chi connectivity index (χ0) is 17.5. The maximum absolute atomic E-state index is 13.2. The van der Waals surface area contributed by atoms with E-state index in [4.69, 9.17) is 4.74 Å². The second kappa shape index (κ2) is 8.73.